The quantitative estimate of drug-likeness (QED) is 0.707. The van der Waals surface area contributed by atoms with Gasteiger partial charge in [0.2, 0.25) is 11.0 Å². The number of aliphatic imine (C=N–C) groups is 1. The van der Waals surface area contributed by atoms with Gasteiger partial charge in [0.15, 0.2) is 0 Å². The minimum atomic E-state index is -4.63. The summed E-state index contributed by atoms with van der Waals surface area (Å²) in [6.45, 7) is 0. The molecule has 118 valence electrons. The smallest absolute Gasteiger partial charge is 0.273 e. The highest BCUT2D eigenvalue weighted by molar-refractivity contribution is 7.80. The third-order valence-corrected chi connectivity index (χ3v) is 4.02. The molecule has 1 aliphatic heterocycles. The molecule has 3 nitrogen and oxygen atoms in total. The number of hydrogen-bond donors (Lipinski definition) is 0. The number of anilines is 1. The topological polar surface area (TPSA) is 32.7 Å². The number of allylic oxidation sites excluding steroid dienone is 3. The van der Waals surface area contributed by atoms with Gasteiger partial charge in [0.1, 0.15) is 0 Å². The van der Waals surface area contributed by atoms with Crippen LogP contribution in [0.2, 0.25) is 5.02 Å². The van der Waals surface area contributed by atoms with Crippen LogP contribution < -0.4 is 4.90 Å². The summed E-state index contributed by atoms with van der Waals surface area (Å²) in [5.74, 6) is -1.10. The van der Waals surface area contributed by atoms with E-state index in [9.17, 15) is 18.0 Å². The molecule has 0 N–H and O–H groups in total. The van der Waals surface area contributed by atoms with E-state index in [-0.39, 0.29) is 10.8 Å². The number of carbonyl (C=O) groups is 1. The Kier molecular flexibility index (Phi) is 3.85. The third kappa shape index (κ3) is 2.82. The number of fused-ring (bicyclic) bond motifs is 1. The van der Waals surface area contributed by atoms with Gasteiger partial charge in [-0.3, -0.25) is 9.69 Å². The molecule has 0 aromatic heterocycles. The average Bonchev–Trinajstić information content (AvgIpc) is 2.47. The first kappa shape index (κ1) is 15.9. The number of amides is 1. The Balaban J connectivity index is 2.07. The van der Waals surface area contributed by atoms with E-state index in [1.165, 1.54) is 6.07 Å². The summed E-state index contributed by atoms with van der Waals surface area (Å²) in [6.07, 6.45) is 2.03. The zero-order valence-corrected chi connectivity index (χ0v) is 12.9. The molecule has 1 aliphatic carbocycles. The van der Waals surface area contributed by atoms with Gasteiger partial charge in [0, 0.05) is 0 Å². The maximum Gasteiger partial charge on any atom is 0.417 e. The number of benzene rings is 1. The van der Waals surface area contributed by atoms with Crippen LogP contribution in [0.5, 0.6) is 0 Å². The van der Waals surface area contributed by atoms with Crippen LogP contribution >= 0.6 is 23.8 Å². The SMILES string of the molecule is O=C1C2C=CC=CC2=NC(=S)N1c1ccc(Cl)c(C(F)(F)F)c1. The van der Waals surface area contributed by atoms with E-state index in [1.807, 2.05) is 0 Å². The number of nitrogens with zero attached hydrogens (tertiary/aromatic N) is 2. The largest absolute Gasteiger partial charge is 0.417 e. The summed E-state index contributed by atoms with van der Waals surface area (Å²) in [5, 5.41) is -0.544. The third-order valence-electron chi connectivity index (χ3n) is 3.42. The molecule has 1 atom stereocenters. The minimum absolute atomic E-state index is 0.0116. The summed E-state index contributed by atoms with van der Waals surface area (Å²) < 4.78 is 39.0. The molecule has 1 aromatic rings. The van der Waals surface area contributed by atoms with Gasteiger partial charge in [0.05, 0.1) is 27.9 Å². The van der Waals surface area contributed by atoms with Crippen LogP contribution in [0.3, 0.4) is 0 Å². The Bertz CT molecular complexity index is 798. The van der Waals surface area contributed by atoms with Crippen molar-refractivity contribution in [2.75, 3.05) is 4.90 Å². The van der Waals surface area contributed by atoms with Gasteiger partial charge >= 0.3 is 6.18 Å². The summed E-state index contributed by atoms with van der Waals surface area (Å²) in [6, 6.07) is 3.20. The molecule has 3 rings (SSSR count). The van der Waals surface area contributed by atoms with Crippen molar-refractivity contribution in [1.82, 2.24) is 0 Å². The predicted molar refractivity (Wildman–Crippen MR) is 85.7 cm³/mol. The zero-order chi connectivity index (χ0) is 16.8. The lowest BCUT2D eigenvalue weighted by Crippen LogP contribution is -2.46. The second kappa shape index (κ2) is 5.58. The second-order valence-electron chi connectivity index (χ2n) is 4.88. The maximum absolute atomic E-state index is 13.0. The fourth-order valence-corrected chi connectivity index (χ4v) is 2.87. The van der Waals surface area contributed by atoms with Crippen LogP contribution in [0.4, 0.5) is 18.9 Å². The lowest BCUT2D eigenvalue weighted by Gasteiger charge is -2.30. The Morgan fingerprint density at radius 2 is 2.00 bits per heavy atom. The molecule has 1 aromatic carbocycles. The van der Waals surface area contributed by atoms with E-state index in [1.54, 1.807) is 24.3 Å². The van der Waals surface area contributed by atoms with E-state index in [2.05, 4.69) is 4.99 Å². The standard InChI is InChI=1S/C15H8ClF3N2OS/c16-11-6-5-8(7-10(11)15(17,18)19)21-13(22)9-3-1-2-4-12(9)20-14(21)23/h1-7,9H. The van der Waals surface area contributed by atoms with E-state index in [4.69, 9.17) is 23.8 Å². The van der Waals surface area contributed by atoms with Gasteiger partial charge in [-0.05, 0) is 36.5 Å². The minimum Gasteiger partial charge on any atom is -0.273 e. The molecule has 0 fully saturated rings. The highest BCUT2D eigenvalue weighted by atomic mass is 35.5. The lowest BCUT2D eigenvalue weighted by atomic mass is 9.95. The molecule has 0 spiro atoms. The Morgan fingerprint density at radius 3 is 2.70 bits per heavy atom. The predicted octanol–water partition coefficient (Wildman–Crippen LogP) is 4.17. The molecule has 2 aliphatic rings. The van der Waals surface area contributed by atoms with Crippen molar-refractivity contribution in [1.29, 1.82) is 0 Å². The first-order chi connectivity index (χ1) is 10.8. The molecule has 1 amide bonds. The first-order valence-corrected chi connectivity index (χ1v) is 7.26. The number of rotatable bonds is 1. The van der Waals surface area contributed by atoms with Gasteiger partial charge in [0.25, 0.3) is 0 Å². The molecular weight excluding hydrogens is 349 g/mol. The van der Waals surface area contributed by atoms with Gasteiger partial charge < -0.3 is 0 Å². The molecule has 1 unspecified atom stereocenters. The van der Waals surface area contributed by atoms with Crippen molar-refractivity contribution in [2.24, 2.45) is 10.9 Å². The highest BCUT2D eigenvalue weighted by Gasteiger charge is 2.37. The van der Waals surface area contributed by atoms with E-state index >= 15 is 0 Å². The number of thiocarbonyl (C=S) groups is 1. The fourth-order valence-electron chi connectivity index (χ4n) is 2.35. The van der Waals surface area contributed by atoms with Crippen LogP contribution in [-0.4, -0.2) is 16.7 Å². The number of carbonyl (C=O) groups excluding carboxylic acids is 1. The van der Waals surface area contributed by atoms with Crippen LogP contribution in [0.15, 0.2) is 47.5 Å². The number of alkyl halides is 3. The molecule has 0 saturated carbocycles. The van der Waals surface area contributed by atoms with Crippen LogP contribution in [0.25, 0.3) is 0 Å². The van der Waals surface area contributed by atoms with Gasteiger partial charge in [-0.2, -0.15) is 13.2 Å². The first-order valence-electron chi connectivity index (χ1n) is 6.47. The molecule has 0 saturated heterocycles. The number of halogens is 4. The van der Waals surface area contributed by atoms with Gasteiger partial charge in [-0.1, -0.05) is 29.8 Å². The maximum atomic E-state index is 13.0. The molecule has 8 heteroatoms. The van der Waals surface area contributed by atoms with E-state index in [0.717, 1.165) is 17.0 Å². The monoisotopic (exact) mass is 356 g/mol. The van der Waals surface area contributed by atoms with E-state index in [0.29, 0.717) is 5.71 Å². The van der Waals surface area contributed by atoms with Crippen LogP contribution in [0.1, 0.15) is 5.56 Å². The highest BCUT2D eigenvalue weighted by Crippen LogP contribution is 2.38. The molecule has 23 heavy (non-hydrogen) atoms. The fraction of sp³-hybridized carbons (Fsp3) is 0.133. The number of hydrogen-bond acceptors (Lipinski definition) is 2. The van der Waals surface area contributed by atoms with Crippen molar-refractivity contribution in [3.8, 4) is 0 Å². The van der Waals surface area contributed by atoms with Gasteiger partial charge in [-0.15, -0.1) is 0 Å². The molecule has 1 heterocycles. The molecule has 0 bridgehead atoms. The normalized spacial score (nSPS) is 20.6. The average molecular weight is 357 g/mol. The summed E-state index contributed by atoms with van der Waals surface area (Å²) in [7, 11) is 0. The molecular formula is C15H8ClF3N2OS. The van der Waals surface area contributed by atoms with Crippen LogP contribution in [-0.2, 0) is 11.0 Å². The van der Waals surface area contributed by atoms with Crippen molar-refractivity contribution in [3.63, 3.8) is 0 Å². The Morgan fingerprint density at radius 1 is 1.26 bits per heavy atom. The Labute approximate surface area is 139 Å². The lowest BCUT2D eigenvalue weighted by molar-refractivity contribution is -0.137. The summed E-state index contributed by atoms with van der Waals surface area (Å²) in [5.41, 5.74) is -0.563. The van der Waals surface area contributed by atoms with Crippen molar-refractivity contribution in [2.45, 2.75) is 6.18 Å². The van der Waals surface area contributed by atoms with Crippen molar-refractivity contribution < 1.29 is 18.0 Å². The van der Waals surface area contributed by atoms with E-state index < -0.39 is 28.6 Å². The zero-order valence-electron chi connectivity index (χ0n) is 11.3. The summed E-state index contributed by atoms with van der Waals surface area (Å²) in [4.78, 5) is 17.7. The van der Waals surface area contributed by atoms with Crippen molar-refractivity contribution in [3.05, 3.63) is 53.1 Å². The second-order valence-corrected chi connectivity index (χ2v) is 5.65. The Hall–Kier alpha value is -1.99. The van der Waals surface area contributed by atoms with Gasteiger partial charge in [-0.25, -0.2) is 4.99 Å². The molecule has 0 radical (unpaired) electrons. The van der Waals surface area contributed by atoms with Crippen molar-refractivity contribution >= 4 is 46.2 Å². The van der Waals surface area contributed by atoms with Crippen LogP contribution in [0, 0.1) is 5.92 Å². The summed E-state index contributed by atoms with van der Waals surface area (Å²) >= 11 is 10.7.